The van der Waals surface area contributed by atoms with E-state index in [9.17, 15) is 9.59 Å². The van der Waals surface area contributed by atoms with Crippen LogP contribution in [-0.2, 0) is 4.79 Å². The van der Waals surface area contributed by atoms with E-state index in [2.05, 4.69) is 15.9 Å². The van der Waals surface area contributed by atoms with Gasteiger partial charge in [0.05, 0.1) is 11.4 Å². The standard InChI is InChI=1S/C17H12BrNO2/c1-11(20)19-15-5-3-2-4-14(15)17(21)16(19)10-12-6-8-13(18)9-7-12/h2-10H,1H3/b16-10+. The number of para-hydroxylation sites is 1. The molecule has 3 nitrogen and oxygen atoms in total. The van der Waals surface area contributed by atoms with E-state index in [0.29, 0.717) is 16.9 Å². The molecule has 1 heterocycles. The molecule has 0 atom stereocenters. The molecule has 2 aromatic carbocycles. The first-order chi connectivity index (χ1) is 10.1. The first-order valence-corrected chi connectivity index (χ1v) is 7.29. The van der Waals surface area contributed by atoms with Crippen molar-refractivity contribution in [2.24, 2.45) is 0 Å². The number of carbonyl (C=O) groups excluding carboxylic acids is 2. The van der Waals surface area contributed by atoms with Crippen LogP contribution in [0.2, 0.25) is 0 Å². The van der Waals surface area contributed by atoms with E-state index >= 15 is 0 Å². The van der Waals surface area contributed by atoms with Gasteiger partial charge in [-0.25, -0.2) is 0 Å². The summed E-state index contributed by atoms with van der Waals surface area (Å²) < 4.78 is 0.967. The normalized spacial score (nSPS) is 15.4. The Labute approximate surface area is 131 Å². The van der Waals surface area contributed by atoms with E-state index in [1.165, 1.54) is 11.8 Å². The zero-order valence-electron chi connectivity index (χ0n) is 11.3. The van der Waals surface area contributed by atoms with Gasteiger partial charge in [-0.3, -0.25) is 14.5 Å². The van der Waals surface area contributed by atoms with Crippen molar-refractivity contribution in [3.8, 4) is 0 Å². The number of carbonyl (C=O) groups is 2. The summed E-state index contributed by atoms with van der Waals surface area (Å²) in [4.78, 5) is 25.9. The van der Waals surface area contributed by atoms with Gasteiger partial charge in [-0.1, -0.05) is 40.2 Å². The molecule has 0 saturated carbocycles. The number of allylic oxidation sites excluding steroid dienone is 1. The first-order valence-electron chi connectivity index (χ1n) is 6.49. The Morgan fingerprint density at radius 1 is 1.10 bits per heavy atom. The molecule has 0 saturated heterocycles. The molecule has 0 bridgehead atoms. The van der Waals surface area contributed by atoms with E-state index in [-0.39, 0.29) is 11.7 Å². The minimum atomic E-state index is -0.170. The number of amides is 1. The second-order valence-corrected chi connectivity index (χ2v) is 5.70. The van der Waals surface area contributed by atoms with Crippen LogP contribution in [0.4, 0.5) is 5.69 Å². The number of anilines is 1. The maximum atomic E-state index is 12.5. The van der Waals surface area contributed by atoms with Gasteiger partial charge in [0.25, 0.3) is 0 Å². The van der Waals surface area contributed by atoms with Gasteiger partial charge in [-0.2, -0.15) is 0 Å². The van der Waals surface area contributed by atoms with Crippen LogP contribution < -0.4 is 4.90 Å². The molecule has 0 spiro atoms. The van der Waals surface area contributed by atoms with E-state index in [0.717, 1.165) is 10.0 Å². The lowest BCUT2D eigenvalue weighted by Crippen LogP contribution is -2.25. The zero-order valence-corrected chi connectivity index (χ0v) is 12.9. The van der Waals surface area contributed by atoms with Crippen molar-refractivity contribution in [3.63, 3.8) is 0 Å². The Hall–Kier alpha value is -2.20. The lowest BCUT2D eigenvalue weighted by Gasteiger charge is -2.15. The third kappa shape index (κ3) is 2.43. The van der Waals surface area contributed by atoms with Gasteiger partial charge in [-0.15, -0.1) is 0 Å². The van der Waals surface area contributed by atoms with Crippen LogP contribution in [0, 0.1) is 0 Å². The van der Waals surface area contributed by atoms with Crippen molar-refractivity contribution in [3.05, 3.63) is 69.8 Å². The van der Waals surface area contributed by atoms with Crippen molar-refractivity contribution in [1.82, 2.24) is 0 Å². The first kappa shape index (κ1) is 13.8. The molecule has 3 rings (SSSR count). The maximum Gasteiger partial charge on any atom is 0.228 e. The molecule has 2 aromatic rings. The van der Waals surface area contributed by atoms with E-state index in [4.69, 9.17) is 0 Å². The lowest BCUT2D eigenvalue weighted by atomic mass is 10.1. The number of hydrogen-bond donors (Lipinski definition) is 0. The summed E-state index contributed by atoms with van der Waals surface area (Å²) >= 11 is 3.38. The Morgan fingerprint density at radius 2 is 1.76 bits per heavy atom. The Balaban J connectivity index is 2.12. The molecule has 0 fully saturated rings. The van der Waals surface area contributed by atoms with Crippen molar-refractivity contribution >= 4 is 39.4 Å². The lowest BCUT2D eigenvalue weighted by molar-refractivity contribution is -0.116. The summed E-state index contributed by atoms with van der Waals surface area (Å²) in [5.74, 6) is -0.291. The number of nitrogens with zero attached hydrogens (tertiary/aromatic N) is 1. The second kappa shape index (κ2) is 5.30. The number of Topliss-reactive ketones (excluding diaryl/α,β-unsaturated/α-hetero) is 1. The van der Waals surface area contributed by atoms with Gasteiger partial charge in [0.1, 0.15) is 0 Å². The van der Waals surface area contributed by atoms with Crippen LogP contribution in [0.1, 0.15) is 22.8 Å². The van der Waals surface area contributed by atoms with Crippen molar-refractivity contribution in [1.29, 1.82) is 0 Å². The molecule has 21 heavy (non-hydrogen) atoms. The van der Waals surface area contributed by atoms with Gasteiger partial charge >= 0.3 is 0 Å². The van der Waals surface area contributed by atoms with Gasteiger partial charge in [0.15, 0.2) is 0 Å². The quantitative estimate of drug-likeness (QED) is 0.734. The van der Waals surface area contributed by atoms with E-state index < -0.39 is 0 Å². The fourth-order valence-electron chi connectivity index (χ4n) is 2.42. The molecule has 1 aliphatic rings. The fraction of sp³-hybridized carbons (Fsp3) is 0.0588. The van der Waals surface area contributed by atoms with Crippen LogP contribution in [0.25, 0.3) is 6.08 Å². The molecule has 4 heteroatoms. The summed E-state index contributed by atoms with van der Waals surface area (Å²) in [7, 11) is 0. The smallest absolute Gasteiger partial charge is 0.228 e. The summed E-state index contributed by atoms with van der Waals surface area (Å²) in [5.41, 5.74) is 2.49. The largest absolute Gasteiger partial charge is 0.287 e. The third-order valence-electron chi connectivity index (χ3n) is 3.35. The summed E-state index contributed by atoms with van der Waals surface area (Å²) in [6.45, 7) is 1.46. The number of ketones is 1. The maximum absolute atomic E-state index is 12.5. The number of halogens is 1. The van der Waals surface area contributed by atoms with E-state index in [1.807, 2.05) is 30.3 Å². The third-order valence-corrected chi connectivity index (χ3v) is 3.88. The highest BCUT2D eigenvalue weighted by molar-refractivity contribution is 9.10. The van der Waals surface area contributed by atoms with Gasteiger partial charge in [-0.05, 0) is 35.9 Å². The van der Waals surface area contributed by atoms with Crippen LogP contribution in [0.5, 0.6) is 0 Å². The number of benzene rings is 2. The molecular formula is C17H12BrNO2. The molecule has 104 valence electrons. The van der Waals surface area contributed by atoms with Crippen molar-refractivity contribution in [2.45, 2.75) is 6.92 Å². The summed E-state index contributed by atoms with van der Waals surface area (Å²) in [6.07, 6.45) is 1.75. The molecule has 0 unspecified atom stereocenters. The Bertz CT molecular complexity index is 763. The Kier molecular flexibility index (Phi) is 3.47. The highest BCUT2D eigenvalue weighted by atomic mass is 79.9. The van der Waals surface area contributed by atoms with Gasteiger partial charge < -0.3 is 0 Å². The van der Waals surface area contributed by atoms with Crippen LogP contribution in [0.3, 0.4) is 0 Å². The Morgan fingerprint density at radius 3 is 2.43 bits per heavy atom. The predicted molar refractivity (Wildman–Crippen MR) is 86.1 cm³/mol. The number of fused-ring (bicyclic) bond motifs is 1. The minimum Gasteiger partial charge on any atom is -0.287 e. The van der Waals surface area contributed by atoms with E-state index in [1.54, 1.807) is 24.3 Å². The van der Waals surface area contributed by atoms with Crippen LogP contribution in [0.15, 0.2) is 58.7 Å². The minimum absolute atomic E-state index is 0.122. The highest BCUT2D eigenvalue weighted by Gasteiger charge is 2.34. The highest BCUT2D eigenvalue weighted by Crippen LogP contribution is 2.35. The van der Waals surface area contributed by atoms with Crippen LogP contribution in [-0.4, -0.2) is 11.7 Å². The topological polar surface area (TPSA) is 37.4 Å². The fourth-order valence-corrected chi connectivity index (χ4v) is 2.68. The molecule has 1 aliphatic heterocycles. The molecule has 0 aliphatic carbocycles. The van der Waals surface area contributed by atoms with Gasteiger partial charge in [0, 0.05) is 17.0 Å². The zero-order chi connectivity index (χ0) is 15.0. The summed E-state index contributed by atoms with van der Waals surface area (Å²) in [6, 6.07) is 14.8. The monoisotopic (exact) mass is 341 g/mol. The number of hydrogen-bond acceptors (Lipinski definition) is 2. The molecule has 0 aromatic heterocycles. The second-order valence-electron chi connectivity index (χ2n) is 4.78. The molecule has 0 radical (unpaired) electrons. The van der Waals surface area contributed by atoms with Crippen LogP contribution >= 0.6 is 15.9 Å². The molecule has 1 amide bonds. The average Bonchev–Trinajstić information content (AvgIpc) is 2.75. The van der Waals surface area contributed by atoms with Crippen molar-refractivity contribution in [2.75, 3.05) is 4.90 Å². The number of rotatable bonds is 1. The molecular weight excluding hydrogens is 330 g/mol. The SMILES string of the molecule is CC(=O)N1/C(=C/c2ccc(Br)cc2)C(=O)c2ccccc21. The molecule has 0 N–H and O–H groups in total. The summed E-state index contributed by atoms with van der Waals surface area (Å²) in [5, 5.41) is 0. The van der Waals surface area contributed by atoms with Gasteiger partial charge in [0.2, 0.25) is 11.7 Å². The average molecular weight is 342 g/mol. The van der Waals surface area contributed by atoms with Crippen molar-refractivity contribution < 1.29 is 9.59 Å². The predicted octanol–water partition coefficient (Wildman–Crippen LogP) is 4.04.